The van der Waals surface area contributed by atoms with E-state index in [1.807, 2.05) is 55.7 Å². The van der Waals surface area contributed by atoms with E-state index in [1.54, 1.807) is 30.4 Å². The topological polar surface area (TPSA) is 101 Å². The van der Waals surface area contributed by atoms with Gasteiger partial charge in [-0.1, -0.05) is 18.2 Å². The second-order valence-corrected chi connectivity index (χ2v) is 9.41. The van der Waals surface area contributed by atoms with Crippen LogP contribution in [0, 0.1) is 6.92 Å². The molecule has 1 aromatic carbocycles. The Labute approximate surface area is 222 Å². The van der Waals surface area contributed by atoms with E-state index < -0.39 is 0 Å². The largest absolute Gasteiger partial charge is 0.497 e. The van der Waals surface area contributed by atoms with Gasteiger partial charge in [0.25, 0.3) is 0 Å². The smallest absolute Gasteiger partial charge is 0.237 e. The number of aryl methyl sites for hydroxylation is 1. The van der Waals surface area contributed by atoms with Gasteiger partial charge in [0.2, 0.25) is 11.9 Å². The number of rotatable bonds is 9. The molecule has 0 aliphatic carbocycles. The van der Waals surface area contributed by atoms with Crippen LogP contribution < -0.4 is 15.0 Å². The number of piperazine rings is 1. The summed E-state index contributed by atoms with van der Waals surface area (Å²) < 4.78 is 7.02. The van der Waals surface area contributed by atoms with Crippen LogP contribution in [0.5, 0.6) is 5.75 Å². The van der Waals surface area contributed by atoms with Crippen molar-refractivity contribution in [3.05, 3.63) is 90.4 Å². The van der Waals surface area contributed by atoms with Crippen molar-refractivity contribution < 1.29 is 9.53 Å². The molecule has 0 saturated carbocycles. The number of benzene rings is 1. The van der Waals surface area contributed by atoms with Gasteiger partial charge in [0, 0.05) is 75.7 Å². The van der Waals surface area contributed by atoms with Crippen LogP contribution >= 0.6 is 0 Å². The van der Waals surface area contributed by atoms with Gasteiger partial charge in [-0.05, 0) is 36.2 Å². The molecule has 38 heavy (non-hydrogen) atoms. The SMILES string of the molecule is COc1ccc(CNC(=O)CC2CN(Cc3cccnc3)CCN2c2cc(C)nc(-n3ccnc3)n2)cc1. The highest BCUT2D eigenvalue weighted by molar-refractivity contribution is 5.77. The average Bonchev–Trinajstić information content (AvgIpc) is 3.48. The predicted octanol–water partition coefficient (Wildman–Crippen LogP) is 2.77. The molecule has 1 fully saturated rings. The maximum Gasteiger partial charge on any atom is 0.237 e. The van der Waals surface area contributed by atoms with Crippen LogP contribution in [-0.2, 0) is 17.9 Å². The van der Waals surface area contributed by atoms with Gasteiger partial charge in [-0.25, -0.2) is 9.97 Å². The lowest BCUT2D eigenvalue weighted by atomic mass is 10.1. The number of anilines is 1. The van der Waals surface area contributed by atoms with Gasteiger partial charge in [0.1, 0.15) is 17.9 Å². The van der Waals surface area contributed by atoms with Crippen LogP contribution in [0.3, 0.4) is 0 Å². The number of amides is 1. The molecule has 0 radical (unpaired) electrons. The predicted molar refractivity (Wildman–Crippen MR) is 144 cm³/mol. The van der Waals surface area contributed by atoms with Crippen molar-refractivity contribution in [2.75, 3.05) is 31.6 Å². The summed E-state index contributed by atoms with van der Waals surface area (Å²) in [6.45, 7) is 5.54. The number of imidazole rings is 1. The Morgan fingerprint density at radius 3 is 2.68 bits per heavy atom. The zero-order valence-corrected chi connectivity index (χ0v) is 21.7. The highest BCUT2D eigenvalue weighted by Crippen LogP contribution is 2.23. The molecule has 1 aliphatic rings. The first-order valence-corrected chi connectivity index (χ1v) is 12.7. The highest BCUT2D eigenvalue weighted by Gasteiger charge is 2.30. The first-order chi connectivity index (χ1) is 18.6. The minimum atomic E-state index is -0.0544. The summed E-state index contributed by atoms with van der Waals surface area (Å²) in [5, 5.41) is 3.09. The average molecular weight is 513 g/mol. The third-order valence-corrected chi connectivity index (χ3v) is 6.62. The molecule has 10 heteroatoms. The summed E-state index contributed by atoms with van der Waals surface area (Å²) in [5.41, 5.74) is 3.04. The Kier molecular flexibility index (Phi) is 7.89. The second kappa shape index (κ2) is 11.8. The Bertz CT molecular complexity index is 1330. The fourth-order valence-corrected chi connectivity index (χ4v) is 4.70. The fraction of sp³-hybridized carbons (Fsp3) is 0.321. The summed E-state index contributed by atoms with van der Waals surface area (Å²) in [5.74, 6) is 2.18. The zero-order valence-electron chi connectivity index (χ0n) is 21.7. The summed E-state index contributed by atoms with van der Waals surface area (Å²) in [7, 11) is 1.64. The Hall–Kier alpha value is -4.31. The lowest BCUT2D eigenvalue weighted by Crippen LogP contribution is -2.54. The summed E-state index contributed by atoms with van der Waals surface area (Å²) in [6, 6.07) is 13.7. The lowest BCUT2D eigenvalue weighted by molar-refractivity contribution is -0.121. The van der Waals surface area contributed by atoms with E-state index in [-0.39, 0.29) is 11.9 Å². The Morgan fingerprint density at radius 1 is 1.08 bits per heavy atom. The van der Waals surface area contributed by atoms with Crippen LogP contribution in [0.1, 0.15) is 23.2 Å². The maximum absolute atomic E-state index is 13.1. The van der Waals surface area contributed by atoms with E-state index in [2.05, 4.69) is 36.1 Å². The first-order valence-electron chi connectivity index (χ1n) is 12.7. The van der Waals surface area contributed by atoms with Gasteiger partial charge in [-0.3, -0.25) is 19.2 Å². The number of hydrogen-bond donors (Lipinski definition) is 1. The molecule has 1 N–H and O–H groups in total. The molecule has 0 spiro atoms. The molecule has 4 heterocycles. The van der Waals surface area contributed by atoms with Crippen LogP contribution in [0.4, 0.5) is 5.82 Å². The highest BCUT2D eigenvalue weighted by atomic mass is 16.5. The van der Waals surface area contributed by atoms with E-state index in [0.717, 1.165) is 54.6 Å². The van der Waals surface area contributed by atoms with Gasteiger partial charge in [0.05, 0.1) is 13.2 Å². The standard InChI is InChI=1S/C28H32N8O2/c1-21-14-26(33-28(32-21)35-11-10-30-20-35)36-13-12-34(18-23-4-3-9-29-16-23)19-24(36)15-27(37)31-17-22-5-7-25(38-2)8-6-22/h3-11,14,16,20,24H,12-13,15,17-19H2,1-2H3,(H,31,37). The number of nitrogens with zero attached hydrogens (tertiary/aromatic N) is 7. The summed E-state index contributed by atoms with van der Waals surface area (Å²) >= 11 is 0. The molecule has 4 aromatic rings. The quantitative estimate of drug-likeness (QED) is 0.365. The van der Waals surface area contributed by atoms with Crippen molar-refractivity contribution in [1.82, 2.24) is 34.7 Å². The number of hydrogen-bond acceptors (Lipinski definition) is 8. The van der Waals surface area contributed by atoms with Crippen molar-refractivity contribution in [3.63, 3.8) is 0 Å². The van der Waals surface area contributed by atoms with Gasteiger partial charge in [0.15, 0.2) is 0 Å². The first kappa shape index (κ1) is 25.3. The number of ether oxygens (including phenoxy) is 1. The number of carbonyl (C=O) groups excluding carboxylic acids is 1. The van der Waals surface area contributed by atoms with Crippen LogP contribution in [0.2, 0.25) is 0 Å². The zero-order chi connectivity index (χ0) is 26.3. The molecule has 1 amide bonds. The number of aromatic nitrogens is 5. The Balaban J connectivity index is 1.33. The molecule has 1 saturated heterocycles. The maximum atomic E-state index is 13.1. The van der Waals surface area contributed by atoms with Crippen LogP contribution in [0.15, 0.2) is 73.6 Å². The number of nitrogens with one attached hydrogen (secondary N) is 1. The molecule has 0 bridgehead atoms. The molecule has 1 unspecified atom stereocenters. The molecule has 3 aromatic heterocycles. The normalized spacial score (nSPS) is 15.8. The third kappa shape index (κ3) is 6.33. The van der Waals surface area contributed by atoms with E-state index in [9.17, 15) is 4.79 Å². The minimum absolute atomic E-state index is 0.000318. The van der Waals surface area contributed by atoms with Gasteiger partial charge in [-0.2, -0.15) is 4.98 Å². The van der Waals surface area contributed by atoms with Crippen LogP contribution in [0.25, 0.3) is 5.95 Å². The van der Waals surface area contributed by atoms with Crippen molar-refractivity contribution in [1.29, 1.82) is 0 Å². The van der Waals surface area contributed by atoms with E-state index in [4.69, 9.17) is 9.72 Å². The van der Waals surface area contributed by atoms with E-state index in [1.165, 1.54) is 0 Å². The Morgan fingerprint density at radius 2 is 1.95 bits per heavy atom. The number of methoxy groups -OCH3 is 1. The summed E-state index contributed by atoms with van der Waals surface area (Å²) in [6.07, 6.45) is 9.26. The molecule has 1 aliphatic heterocycles. The monoisotopic (exact) mass is 512 g/mol. The minimum Gasteiger partial charge on any atom is -0.497 e. The molecular weight excluding hydrogens is 480 g/mol. The molecule has 196 valence electrons. The number of pyridine rings is 1. The van der Waals surface area contributed by atoms with Crippen molar-refractivity contribution >= 4 is 11.7 Å². The van der Waals surface area contributed by atoms with Crippen LogP contribution in [-0.4, -0.2) is 68.1 Å². The van der Waals surface area contributed by atoms with E-state index in [0.29, 0.717) is 18.9 Å². The van der Waals surface area contributed by atoms with Gasteiger partial charge < -0.3 is 15.0 Å². The third-order valence-electron chi connectivity index (χ3n) is 6.62. The molecular formula is C28H32N8O2. The molecule has 5 rings (SSSR count). The van der Waals surface area contributed by atoms with Gasteiger partial charge >= 0.3 is 0 Å². The van der Waals surface area contributed by atoms with Crippen molar-refractivity contribution in [3.8, 4) is 11.7 Å². The number of carbonyl (C=O) groups is 1. The fourth-order valence-electron chi connectivity index (χ4n) is 4.70. The lowest BCUT2D eigenvalue weighted by Gasteiger charge is -2.42. The molecule has 1 atom stereocenters. The summed E-state index contributed by atoms with van der Waals surface area (Å²) in [4.78, 5) is 35.6. The van der Waals surface area contributed by atoms with Crippen molar-refractivity contribution in [2.45, 2.75) is 32.5 Å². The van der Waals surface area contributed by atoms with Crippen molar-refractivity contribution in [2.24, 2.45) is 0 Å². The molecule has 10 nitrogen and oxygen atoms in total. The second-order valence-electron chi connectivity index (χ2n) is 9.41. The van der Waals surface area contributed by atoms with E-state index >= 15 is 0 Å². The van der Waals surface area contributed by atoms with Gasteiger partial charge in [-0.15, -0.1) is 0 Å².